The smallest absolute Gasteiger partial charge is 0.186 e. The summed E-state index contributed by atoms with van der Waals surface area (Å²) in [5, 5.41) is 0. The van der Waals surface area contributed by atoms with Gasteiger partial charge in [-0.2, -0.15) is 0 Å². The molecule has 1 rings (SSSR count). The van der Waals surface area contributed by atoms with E-state index in [2.05, 4.69) is 9.89 Å². The average Bonchev–Trinajstić information content (AvgIpc) is 2.27. The van der Waals surface area contributed by atoms with Crippen LogP contribution in [0.4, 0.5) is 0 Å². The number of likely N-dealkylation sites (N-methyl/N-ethyl adjacent to an activating group) is 1. The molecule has 0 radical (unpaired) electrons. The number of ether oxygens (including phenoxy) is 1. The van der Waals surface area contributed by atoms with Crippen molar-refractivity contribution in [3.63, 3.8) is 0 Å². The van der Waals surface area contributed by atoms with Gasteiger partial charge >= 0.3 is 0 Å². The Bertz CT molecular complexity index is 373. The van der Waals surface area contributed by atoms with E-state index in [9.17, 15) is 0 Å². The highest BCUT2D eigenvalue weighted by Gasteiger charge is 2.02. The third-order valence-corrected chi connectivity index (χ3v) is 2.20. The zero-order valence-electron chi connectivity index (χ0n) is 10.4. The third-order valence-electron chi connectivity index (χ3n) is 2.20. The quantitative estimate of drug-likeness (QED) is 0.553. The molecule has 4 N–H and O–H groups in total. The van der Waals surface area contributed by atoms with Crippen molar-refractivity contribution in [1.29, 1.82) is 0 Å². The highest BCUT2D eigenvalue weighted by atomic mass is 16.5. The summed E-state index contributed by atoms with van der Waals surface area (Å²) in [6.07, 6.45) is 0. The van der Waals surface area contributed by atoms with Gasteiger partial charge in [0.2, 0.25) is 0 Å². The van der Waals surface area contributed by atoms with Crippen LogP contribution in [-0.4, -0.2) is 38.1 Å². The lowest BCUT2D eigenvalue weighted by atomic mass is 10.2. The minimum Gasteiger partial charge on any atom is -0.492 e. The molecule has 0 saturated carbocycles. The fourth-order valence-electron chi connectivity index (χ4n) is 1.29. The molecular weight excluding hydrogens is 216 g/mol. The van der Waals surface area contributed by atoms with E-state index in [4.69, 9.17) is 16.2 Å². The molecule has 0 atom stereocenters. The van der Waals surface area contributed by atoms with Crippen molar-refractivity contribution in [2.45, 2.75) is 6.54 Å². The van der Waals surface area contributed by atoms with E-state index in [0.717, 1.165) is 17.9 Å². The number of nitrogens with two attached hydrogens (primary N) is 2. The lowest BCUT2D eigenvalue weighted by Crippen LogP contribution is -2.22. The second-order valence-electron chi connectivity index (χ2n) is 4.00. The van der Waals surface area contributed by atoms with Crippen molar-refractivity contribution in [1.82, 2.24) is 4.90 Å². The van der Waals surface area contributed by atoms with E-state index < -0.39 is 0 Å². The molecule has 0 aliphatic carbocycles. The molecule has 17 heavy (non-hydrogen) atoms. The maximum atomic E-state index is 5.69. The second-order valence-corrected chi connectivity index (χ2v) is 4.00. The van der Waals surface area contributed by atoms with E-state index in [-0.39, 0.29) is 5.96 Å². The van der Waals surface area contributed by atoms with Crippen molar-refractivity contribution in [3.8, 4) is 5.75 Å². The van der Waals surface area contributed by atoms with E-state index in [1.54, 1.807) is 0 Å². The molecule has 0 amide bonds. The van der Waals surface area contributed by atoms with Gasteiger partial charge in [-0.3, -0.25) is 0 Å². The monoisotopic (exact) mass is 236 g/mol. The summed E-state index contributed by atoms with van der Waals surface area (Å²) < 4.78 is 5.69. The van der Waals surface area contributed by atoms with Crippen LogP contribution in [0.5, 0.6) is 5.75 Å². The van der Waals surface area contributed by atoms with Gasteiger partial charge in [-0.05, 0) is 20.2 Å². The van der Waals surface area contributed by atoms with Crippen LogP contribution in [-0.2, 0) is 6.54 Å². The summed E-state index contributed by atoms with van der Waals surface area (Å²) in [4.78, 5) is 6.05. The average molecular weight is 236 g/mol. The van der Waals surface area contributed by atoms with Crippen molar-refractivity contribution in [2.75, 3.05) is 27.2 Å². The lowest BCUT2D eigenvalue weighted by molar-refractivity contribution is 0.259. The normalized spacial score (nSPS) is 10.3. The molecule has 0 heterocycles. The number of nitrogens with zero attached hydrogens (tertiary/aromatic N) is 2. The van der Waals surface area contributed by atoms with Gasteiger partial charge in [0.1, 0.15) is 12.4 Å². The molecule has 0 saturated heterocycles. The number of benzene rings is 1. The highest BCUT2D eigenvalue weighted by Crippen LogP contribution is 2.18. The Hall–Kier alpha value is -1.75. The van der Waals surface area contributed by atoms with Crippen LogP contribution >= 0.6 is 0 Å². The topological polar surface area (TPSA) is 76.9 Å². The summed E-state index contributed by atoms with van der Waals surface area (Å²) in [7, 11) is 4.02. The molecule has 5 heteroatoms. The highest BCUT2D eigenvalue weighted by molar-refractivity contribution is 5.75. The summed E-state index contributed by atoms with van der Waals surface area (Å²) >= 11 is 0. The first kappa shape index (κ1) is 13.3. The SMILES string of the molecule is CN(C)CCOc1ccccc1CN=C(N)N. The van der Waals surface area contributed by atoms with Crippen molar-refractivity contribution < 1.29 is 4.74 Å². The first-order valence-corrected chi connectivity index (χ1v) is 5.50. The number of para-hydroxylation sites is 1. The second kappa shape index (κ2) is 6.75. The third kappa shape index (κ3) is 5.21. The Morgan fingerprint density at radius 1 is 1.29 bits per heavy atom. The van der Waals surface area contributed by atoms with Crippen molar-refractivity contribution in [3.05, 3.63) is 29.8 Å². The number of guanidine groups is 1. The first-order valence-electron chi connectivity index (χ1n) is 5.50. The minimum atomic E-state index is 0.0908. The van der Waals surface area contributed by atoms with Gasteiger partial charge in [-0.15, -0.1) is 0 Å². The number of hydrogen-bond donors (Lipinski definition) is 2. The van der Waals surface area contributed by atoms with Crippen LogP contribution < -0.4 is 16.2 Å². The maximum absolute atomic E-state index is 5.69. The molecule has 0 spiro atoms. The van der Waals surface area contributed by atoms with Crippen LogP contribution in [0.15, 0.2) is 29.3 Å². The first-order chi connectivity index (χ1) is 8.09. The van der Waals surface area contributed by atoms with Crippen LogP contribution in [0.2, 0.25) is 0 Å². The van der Waals surface area contributed by atoms with Gasteiger partial charge in [0.25, 0.3) is 0 Å². The molecule has 0 unspecified atom stereocenters. The van der Waals surface area contributed by atoms with E-state index in [0.29, 0.717) is 13.2 Å². The Morgan fingerprint density at radius 2 is 2.00 bits per heavy atom. The predicted molar refractivity (Wildman–Crippen MR) is 70.0 cm³/mol. The predicted octanol–water partition coefficient (Wildman–Crippen LogP) is 0.400. The molecule has 0 aromatic heterocycles. The van der Waals surface area contributed by atoms with Gasteiger partial charge in [0.15, 0.2) is 5.96 Å². The number of rotatable bonds is 6. The summed E-state index contributed by atoms with van der Waals surface area (Å²) in [5.41, 5.74) is 11.6. The van der Waals surface area contributed by atoms with Gasteiger partial charge in [0, 0.05) is 12.1 Å². The van der Waals surface area contributed by atoms with Gasteiger partial charge in [0.05, 0.1) is 6.54 Å². The molecule has 1 aromatic carbocycles. The zero-order valence-corrected chi connectivity index (χ0v) is 10.4. The van der Waals surface area contributed by atoms with Crippen LogP contribution in [0, 0.1) is 0 Å². The van der Waals surface area contributed by atoms with Crippen molar-refractivity contribution in [2.24, 2.45) is 16.5 Å². The molecule has 5 nitrogen and oxygen atoms in total. The van der Waals surface area contributed by atoms with Crippen LogP contribution in [0.1, 0.15) is 5.56 Å². The van der Waals surface area contributed by atoms with Gasteiger partial charge in [-0.25, -0.2) is 4.99 Å². The summed E-state index contributed by atoms with van der Waals surface area (Å²) in [6.45, 7) is 1.96. The fraction of sp³-hybridized carbons (Fsp3) is 0.417. The standard InChI is InChI=1S/C12H20N4O/c1-16(2)7-8-17-11-6-4-3-5-10(11)9-15-12(13)14/h3-6H,7-9H2,1-2H3,(H4,13,14,15). The Balaban J connectivity index is 2.61. The molecule has 0 bridgehead atoms. The van der Waals surface area contributed by atoms with E-state index >= 15 is 0 Å². The van der Waals surface area contributed by atoms with Crippen LogP contribution in [0.25, 0.3) is 0 Å². The van der Waals surface area contributed by atoms with Crippen molar-refractivity contribution >= 4 is 5.96 Å². The number of hydrogen-bond acceptors (Lipinski definition) is 3. The Labute approximate surface area is 102 Å². The van der Waals surface area contributed by atoms with Gasteiger partial charge < -0.3 is 21.1 Å². The Morgan fingerprint density at radius 3 is 2.65 bits per heavy atom. The number of aliphatic imine (C=N–C) groups is 1. The summed E-state index contributed by atoms with van der Waals surface area (Å²) in [5.74, 6) is 0.924. The fourth-order valence-corrected chi connectivity index (χ4v) is 1.29. The Kier molecular flexibility index (Phi) is 5.29. The minimum absolute atomic E-state index is 0.0908. The maximum Gasteiger partial charge on any atom is 0.186 e. The molecule has 0 fully saturated rings. The van der Waals surface area contributed by atoms with E-state index in [1.165, 1.54) is 0 Å². The lowest BCUT2D eigenvalue weighted by Gasteiger charge is -2.13. The molecule has 0 aliphatic rings. The molecule has 94 valence electrons. The molecule has 1 aromatic rings. The van der Waals surface area contributed by atoms with E-state index in [1.807, 2.05) is 38.4 Å². The summed E-state index contributed by atoms with van der Waals surface area (Å²) in [6, 6.07) is 7.75. The largest absolute Gasteiger partial charge is 0.492 e. The molecule has 0 aliphatic heterocycles. The van der Waals surface area contributed by atoms with Crippen LogP contribution in [0.3, 0.4) is 0 Å². The zero-order chi connectivity index (χ0) is 12.7. The molecular formula is C12H20N4O. The van der Waals surface area contributed by atoms with Gasteiger partial charge in [-0.1, -0.05) is 18.2 Å².